The number of hydrogen-bond acceptors (Lipinski definition) is 6. The van der Waals surface area contributed by atoms with Crippen LogP contribution in [0.15, 0.2) is 28.9 Å². The van der Waals surface area contributed by atoms with Gasteiger partial charge in [0.25, 0.3) is 0 Å². The lowest BCUT2D eigenvalue weighted by atomic mass is 10.4. The summed E-state index contributed by atoms with van der Waals surface area (Å²) in [4.78, 5) is 25.4. The SMILES string of the molecule is CCOC(=O)Cn1ccnc1/C=C/c1ccc([N+](=O)[O-])o1. The molecule has 0 radical (unpaired) electrons. The van der Waals surface area contributed by atoms with Gasteiger partial charge in [0, 0.05) is 12.4 Å². The van der Waals surface area contributed by atoms with Crippen LogP contribution in [0.4, 0.5) is 5.88 Å². The summed E-state index contributed by atoms with van der Waals surface area (Å²) in [5.41, 5.74) is 0. The normalized spacial score (nSPS) is 10.9. The molecule has 0 aliphatic heterocycles. The number of rotatable bonds is 6. The van der Waals surface area contributed by atoms with Gasteiger partial charge in [-0.05, 0) is 25.1 Å². The minimum absolute atomic E-state index is 0.0474. The van der Waals surface area contributed by atoms with E-state index in [1.807, 2.05) is 0 Å². The van der Waals surface area contributed by atoms with Crippen LogP contribution >= 0.6 is 0 Å². The minimum atomic E-state index is -0.612. The molecule has 0 fully saturated rings. The van der Waals surface area contributed by atoms with Gasteiger partial charge in [-0.2, -0.15) is 0 Å². The fraction of sp³-hybridized carbons (Fsp3) is 0.231. The zero-order valence-corrected chi connectivity index (χ0v) is 11.3. The smallest absolute Gasteiger partial charge is 0.433 e. The standard InChI is InChI=1S/C13H13N3O5/c1-2-20-13(17)9-15-8-7-14-11(15)5-3-10-4-6-12(21-10)16(18)19/h3-8H,2,9H2,1H3/b5-3+. The molecule has 2 aromatic heterocycles. The van der Waals surface area contributed by atoms with Crippen LogP contribution in [0.5, 0.6) is 0 Å². The van der Waals surface area contributed by atoms with Gasteiger partial charge in [-0.3, -0.25) is 14.9 Å². The van der Waals surface area contributed by atoms with Crippen molar-refractivity contribution in [1.82, 2.24) is 9.55 Å². The summed E-state index contributed by atoms with van der Waals surface area (Å²) < 4.78 is 11.4. The van der Waals surface area contributed by atoms with Gasteiger partial charge in [-0.1, -0.05) is 0 Å². The first kappa shape index (κ1) is 14.5. The Hall–Kier alpha value is -2.90. The number of aromatic nitrogens is 2. The average molecular weight is 291 g/mol. The highest BCUT2D eigenvalue weighted by Crippen LogP contribution is 2.17. The maximum atomic E-state index is 11.4. The third-order valence-electron chi connectivity index (χ3n) is 2.54. The second-order valence-corrected chi connectivity index (χ2v) is 3.98. The van der Waals surface area contributed by atoms with Crippen LogP contribution in [0, 0.1) is 10.1 Å². The largest absolute Gasteiger partial charge is 0.465 e. The fourth-order valence-corrected chi connectivity index (χ4v) is 1.65. The van der Waals surface area contributed by atoms with E-state index in [0.29, 0.717) is 18.2 Å². The van der Waals surface area contributed by atoms with Gasteiger partial charge in [0.2, 0.25) is 0 Å². The van der Waals surface area contributed by atoms with Crippen LogP contribution in [-0.4, -0.2) is 27.1 Å². The molecule has 0 unspecified atom stereocenters. The molecule has 110 valence electrons. The van der Waals surface area contributed by atoms with E-state index in [9.17, 15) is 14.9 Å². The molecular weight excluding hydrogens is 278 g/mol. The van der Waals surface area contributed by atoms with E-state index in [0.717, 1.165) is 0 Å². The Labute approximate surface area is 119 Å². The second kappa shape index (κ2) is 6.51. The third kappa shape index (κ3) is 3.78. The minimum Gasteiger partial charge on any atom is -0.465 e. The molecule has 0 saturated heterocycles. The first-order valence-corrected chi connectivity index (χ1v) is 6.19. The third-order valence-corrected chi connectivity index (χ3v) is 2.54. The number of nitrogens with zero attached hydrogens (tertiary/aromatic N) is 3. The molecule has 2 rings (SSSR count). The predicted molar refractivity (Wildman–Crippen MR) is 73.2 cm³/mol. The molecule has 0 atom stereocenters. The summed E-state index contributed by atoms with van der Waals surface area (Å²) in [7, 11) is 0. The van der Waals surface area contributed by atoms with Crippen LogP contribution in [0.25, 0.3) is 12.2 Å². The van der Waals surface area contributed by atoms with E-state index in [1.54, 1.807) is 30.0 Å². The van der Waals surface area contributed by atoms with Gasteiger partial charge < -0.3 is 13.7 Å². The first-order valence-electron chi connectivity index (χ1n) is 6.19. The van der Waals surface area contributed by atoms with Crippen molar-refractivity contribution in [3.8, 4) is 0 Å². The van der Waals surface area contributed by atoms with Crippen molar-refractivity contribution in [2.45, 2.75) is 13.5 Å². The molecule has 8 heteroatoms. The van der Waals surface area contributed by atoms with E-state index >= 15 is 0 Å². The number of ether oxygens (including phenoxy) is 1. The number of carbonyl (C=O) groups excluding carboxylic acids is 1. The topological polar surface area (TPSA) is 100 Å². The monoisotopic (exact) mass is 291 g/mol. The van der Waals surface area contributed by atoms with Crippen LogP contribution in [0.3, 0.4) is 0 Å². The Morgan fingerprint density at radius 1 is 1.52 bits per heavy atom. The molecule has 8 nitrogen and oxygen atoms in total. The molecule has 2 aromatic rings. The summed E-state index contributed by atoms with van der Waals surface area (Å²) in [6.07, 6.45) is 6.32. The Balaban J connectivity index is 2.08. The van der Waals surface area contributed by atoms with Crippen molar-refractivity contribution in [3.05, 3.63) is 46.2 Å². The van der Waals surface area contributed by atoms with Crippen molar-refractivity contribution in [2.75, 3.05) is 6.61 Å². The number of furan rings is 1. The van der Waals surface area contributed by atoms with E-state index in [-0.39, 0.29) is 18.4 Å². The van der Waals surface area contributed by atoms with Gasteiger partial charge in [-0.25, -0.2) is 4.98 Å². The van der Waals surface area contributed by atoms with E-state index < -0.39 is 4.92 Å². The maximum absolute atomic E-state index is 11.4. The number of imidazole rings is 1. The quantitative estimate of drug-likeness (QED) is 0.459. The average Bonchev–Trinajstić information content (AvgIpc) is 3.05. The summed E-state index contributed by atoms with van der Waals surface area (Å²) in [6, 6.07) is 2.75. The molecule has 21 heavy (non-hydrogen) atoms. The van der Waals surface area contributed by atoms with Crippen molar-refractivity contribution >= 4 is 24.0 Å². The number of nitro groups is 1. The van der Waals surface area contributed by atoms with Gasteiger partial charge >= 0.3 is 11.9 Å². The van der Waals surface area contributed by atoms with Crippen molar-refractivity contribution in [3.63, 3.8) is 0 Å². The van der Waals surface area contributed by atoms with Gasteiger partial charge in [0.05, 0.1) is 12.7 Å². The first-order chi connectivity index (χ1) is 10.1. The summed E-state index contributed by atoms with van der Waals surface area (Å²) >= 11 is 0. The maximum Gasteiger partial charge on any atom is 0.433 e. The molecule has 0 aliphatic carbocycles. The van der Waals surface area contributed by atoms with Crippen LogP contribution < -0.4 is 0 Å². The molecular formula is C13H13N3O5. The molecule has 0 aliphatic rings. The Kier molecular flexibility index (Phi) is 4.50. The molecule has 0 N–H and O–H groups in total. The lowest BCUT2D eigenvalue weighted by Crippen LogP contribution is -2.13. The van der Waals surface area contributed by atoms with Crippen LogP contribution in [0.1, 0.15) is 18.5 Å². The van der Waals surface area contributed by atoms with Crippen molar-refractivity contribution in [2.24, 2.45) is 0 Å². The zero-order chi connectivity index (χ0) is 15.2. The highest BCUT2D eigenvalue weighted by Gasteiger charge is 2.10. The highest BCUT2D eigenvalue weighted by molar-refractivity contribution is 5.70. The highest BCUT2D eigenvalue weighted by atomic mass is 16.6. The molecule has 0 aromatic carbocycles. The Bertz CT molecular complexity index is 671. The molecule has 2 heterocycles. The zero-order valence-electron chi connectivity index (χ0n) is 11.3. The lowest BCUT2D eigenvalue weighted by Gasteiger charge is -2.04. The second-order valence-electron chi connectivity index (χ2n) is 3.98. The van der Waals surface area contributed by atoms with Crippen LogP contribution in [-0.2, 0) is 16.1 Å². The number of carbonyl (C=O) groups is 1. The van der Waals surface area contributed by atoms with Gasteiger partial charge in [0.1, 0.15) is 23.1 Å². The predicted octanol–water partition coefficient (Wildman–Crippen LogP) is 2.12. The molecule has 0 amide bonds. The molecule has 0 spiro atoms. The lowest BCUT2D eigenvalue weighted by molar-refractivity contribution is -0.402. The summed E-state index contributed by atoms with van der Waals surface area (Å²) in [6.45, 7) is 2.09. The Morgan fingerprint density at radius 2 is 2.33 bits per heavy atom. The fourth-order valence-electron chi connectivity index (χ4n) is 1.65. The molecule has 0 bridgehead atoms. The Morgan fingerprint density at radius 3 is 3.00 bits per heavy atom. The number of hydrogen-bond donors (Lipinski definition) is 0. The van der Waals surface area contributed by atoms with E-state index in [2.05, 4.69) is 4.98 Å². The van der Waals surface area contributed by atoms with Crippen molar-refractivity contribution in [1.29, 1.82) is 0 Å². The van der Waals surface area contributed by atoms with Gasteiger partial charge in [0.15, 0.2) is 0 Å². The van der Waals surface area contributed by atoms with Gasteiger partial charge in [-0.15, -0.1) is 0 Å². The molecule has 0 saturated carbocycles. The summed E-state index contributed by atoms with van der Waals surface area (Å²) in [5.74, 6) is 0.151. The van der Waals surface area contributed by atoms with Crippen LogP contribution in [0.2, 0.25) is 0 Å². The van der Waals surface area contributed by atoms with Crippen molar-refractivity contribution < 1.29 is 18.9 Å². The van der Waals surface area contributed by atoms with E-state index in [1.165, 1.54) is 18.2 Å². The number of esters is 1. The van der Waals surface area contributed by atoms with E-state index in [4.69, 9.17) is 9.15 Å². The summed E-state index contributed by atoms with van der Waals surface area (Å²) in [5, 5.41) is 10.5.